The molecule has 0 unspecified atom stereocenters. The first-order chi connectivity index (χ1) is 15.6. The first-order valence-electron chi connectivity index (χ1n) is 9.87. The zero-order valence-corrected chi connectivity index (χ0v) is 19.3. The van der Waals surface area contributed by atoms with Gasteiger partial charge in [-0.2, -0.15) is 18.3 Å². The lowest BCUT2D eigenvalue weighted by Gasteiger charge is -2.12. The van der Waals surface area contributed by atoms with Gasteiger partial charge in [0.15, 0.2) is 15.5 Å². The first-order valence-corrected chi connectivity index (χ1v) is 12.6. The topological polar surface area (TPSA) is 61.2 Å². The van der Waals surface area contributed by atoms with Gasteiger partial charge in [0.25, 0.3) is 0 Å². The zero-order valence-electron chi connectivity index (χ0n) is 17.6. The molecular formula is C23H19F3N2O3S2. The molecular weight excluding hydrogens is 473 g/mol. The SMILES string of the molecule is CCOc1ccccc1-n1nc(C(F)(F)F)cc1-c1cc(-c2cccc(S(C)(=O)=O)c2)cs1. The second-order valence-electron chi connectivity index (χ2n) is 7.22. The van der Waals surface area contributed by atoms with Crippen LogP contribution in [0.2, 0.25) is 0 Å². The Bertz CT molecular complexity index is 1410. The van der Waals surface area contributed by atoms with Crippen molar-refractivity contribution in [3.05, 3.63) is 71.7 Å². The van der Waals surface area contributed by atoms with Crippen molar-refractivity contribution in [3.63, 3.8) is 0 Å². The maximum Gasteiger partial charge on any atom is 0.435 e. The largest absolute Gasteiger partial charge is 0.492 e. The molecule has 0 N–H and O–H groups in total. The highest BCUT2D eigenvalue weighted by atomic mass is 32.2. The minimum absolute atomic E-state index is 0.169. The van der Waals surface area contributed by atoms with Crippen molar-refractivity contribution in [2.75, 3.05) is 12.9 Å². The van der Waals surface area contributed by atoms with E-state index in [2.05, 4.69) is 5.10 Å². The maximum atomic E-state index is 13.5. The molecule has 0 bridgehead atoms. The number of para-hydroxylation sites is 2. The van der Waals surface area contributed by atoms with Gasteiger partial charge in [-0.1, -0.05) is 24.3 Å². The molecule has 2 heterocycles. The third kappa shape index (κ3) is 4.81. The number of benzene rings is 2. The number of nitrogens with zero attached hydrogens (tertiary/aromatic N) is 2. The normalized spacial score (nSPS) is 12.2. The molecule has 0 atom stereocenters. The summed E-state index contributed by atoms with van der Waals surface area (Å²) in [4.78, 5) is 0.715. The number of hydrogen-bond acceptors (Lipinski definition) is 5. The van der Waals surface area contributed by atoms with Gasteiger partial charge in [-0.15, -0.1) is 11.3 Å². The van der Waals surface area contributed by atoms with Crippen molar-refractivity contribution in [2.24, 2.45) is 0 Å². The van der Waals surface area contributed by atoms with E-state index in [1.54, 1.807) is 60.8 Å². The van der Waals surface area contributed by atoms with Gasteiger partial charge in [0, 0.05) is 6.26 Å². The summed E-state index contributed by atoms with van der Waals surface area (Å²) in [6.45, 7) is 2.14. The Hall–Kier alpha value is -3.11. The lowest BCUT2D eigenvalue weighted by molar-refractivity contribution is -0.141. The average Bonchev–Trinajstić information content (AvgIpc) is 3.41. The van der Waals surface area contributed by atoms with E-state index >= 15 is 0 Å². The summed E-state index contributed by atoms with van der Waals surface area (Å²) in [6, 6.07) is 15.9. The van der Waals surface area contributed by atoms with Crippen LogP contribution in [-0.4, -0.2) is 31.1 Å². The molecule has 0 spiro atoms. The number of hydrogen-bond donors (Lipinski definition) is 0. The van der Waals surface area contributed by atoms with Crippen molar-refractivity contribution in [1.29, 1.82) is 0 Å². The summed E-state index contributed by atoms with van der Waals surface area (Å²) < 4.78 is 71.2. The first kappa shape index (κ1) is 23.1. The Morgan fingerprint density at radius 2 is 1.79 bits per heavy atom. The Morgan fingerprint density at radius 3 is 2.48 bits per heavy atom. The molecule has 172 valence electrons. The fourth-order valence-corrected chi connectivity index (χ4v) is 4.90. The molecule has 2 aromatic carbocycles. The molecule has 33 heavy (non-hydrogen) atoms. The van der Waals surface area contributed by atoms with E-state index in [-0.39, 0.29) is 10.6 Å². The van der Waals surface area contributed by atoms with Gasteiger partial charge in [-0.3, -0.25) is 0 Å². The highest BCUT2D eigenvalue weighted by Gasteiger charge is 2.35. The monoisotopic (exact) mass is 492 g/mol. The zero-order chi connectivity index (χ0) is 23.8. The van der Waals surface area contributed by atoms with Crippen LogP contribution in [0.5, 0.6) is 5.75 Å². The predicted molar refractivity (Wildman–Crippen MR) is 122 cm³/mol. The van der Waals surface area contributed by atoms with Gasteiger partial charge < -0.3 is 4.74 Å². The maximum absolute atomic E-state index is 13.5. The van der Waals surface area contributed by atoms with Crippen LogP contribution < -0.4 is 4.74 Å². The summed E-state index contributed by atoms with van der Waals surface area (Å²) >= 11 is 1.24. The average molecular weight is 493 g/mol. The van der Waals surface area contributed by atoms with E-state index in [0.29, 0.717) is 34.0 Å². The Labute approximate surface area is 193 Å². The number of thiophene rings is 1. The summed E-state index contributed by atoms with van der Waals surface area (Å²) in [7, 11) is -3.39. The van der Waals surface area contributed by atoms with E-state index in [1.807, 2.05) is 0 Å². The summed E-state index contributed by atoms with van der Waals surface area (Å²) in [6.07, 6.45) is -3.50. The van der Waals surface area contributed by atoms with Crippen molar-refractivity contribution < 1.29 is 26.3 Å². The smallest absolute Gasteiger partial charge is 0.435 e. The lowest BCUT2D eigenvalue weighted by Crippen LogP contribution is -2.08. The molecule has 0 aliphatic rings. The van der Waals surface area contributed by atoms with E-state index in [4.69, 9.17) is 4.74 Å². The van der Waals surface area contributed by atoms with Gasteiger partial charge >= 0.3 is 6.18 Å². The molecule has 0 radical (unpaired) electrons. The van der Waals surface area contributed by atoms with Crippen LogP contribution in [0, 0.1) is 0 Å². The van der Waals surface area contributed by atoms with Crippen LogP contribution in [-0.2, 0) is 16.0 Å². The fourth-order valence-electron chi connectivity index (χ4n) is 3.32. The quantitative estimate of drug-likeness (QED) is 0.327. The molecule has 0 aliphatic carbocycles. The third-order valence-corrected chi connectivity index (χ3v) is 6.90. The molecule has 0 fully saturated rings. The molecule has 10 heteroatoms. The number of sulfone groups is 1. The Kier molecular flexibility index (Phi) is 6.06. The second kappa shape index (κ2) is 8.68. The van der Waals surface area contributed by atoms with Crippen LogP contribution in [0.1, 0.15) is 12.6 Å². The van der Waals surface area contributed by atoms with Crippen molar-refractivity contribution in [1.82, 2.24) is 9.78 Å². The van der Waals surface area contributed by atoms with Crippen molar-refractivity contribution >= 4 is 21.2 Å². The van der Waals surface area contributed by atoms with Crippen LogP contribution >= 0.6 is 11.3 Å². The highest BCUT2D eigenvalue weighted by molar-refractivity contribution is 7.90. The lowest BCUT2D eigenvalue weighted by atomic mass is 10.1. The van der Waals surface area contributed by atoms with Gasteiger partial charge in [-0.25, -0.2) is 13.1 Å². The Morgan fingerprint density at radius 1 is 1.03 bits per heavy atom. The number of rotatable bonds is 6. The molecule has 2 aromatic heterocycles. The number of halogens is 3. The highest BCUT2D eigenvalue weighted by Crippen LogP contribution is 2.39. The number of ether oxygens (including phenoxy) is 1. The van der Waals surface area contributed by atoms with Gasteiger partial charge in [0.05, 0.1) is 22.1 Å². The predicted octanol–water partition coefficient (Wildman–Crippen LogP) is 6.09. The molecule has 0 saturated carbocycles. The van der Waals surface area contributed by atoms with Gasteiger partial charge in [0.1, 0.15) is 11.4 Å². The van der Waals surface area contributed by atoms with E-state index < -0.39 is 21.7 Å². The summed E-state index contributed by atoms with van der Waals surface area (Å²) in [5.74, 6) is 0.413. The van der Waals surface area contributed by atoms with Crippen molar-refractivity contribution in [2.45, 2.75) is 18.0 Å². The molecule has 4 rings (SSSR count). The van der Waals surface area contributed by atoms with E-state index in [9.17, 15) is 21.6 Å². The molecule has 5 nitrogen and oxygen atoms in total. The third-order valence-electron chi connectivity index (χ3n) is 4.84. The molecule has 4 aromatic rings. The van der Waals surface area contributed by atoms with E-state index in [0.717, 1.165) is 12.3 Å². The molecule has 0 aliphatic heterocycles. The second-order valence-corrected chi connectivity index (χ2v) is 10.2. The fraction of sp³-hybridized carbons (Fsp3) is 0.174. The van der Waals surface area contributed by atoms with Crippen molar-refractivity contribution in [3.8, 4) is 33.1 Å². The van der Waals surface area contributed by atoms with Crippen LogP contribution in [0.25, 0.3) is 27.4 Å². The Balaban J connectivity index is 1.84. The van der Waals surface area contributed by atoms with Crippen LogP contribution in [0.3, 0.4) is 0 Å². The van der Waals surface area contributed by atoms with Gasteiger partial charge in [-0.05, 0) is 59.8 Å². The standard InChI is InChI=1S/C23H19F3N2O3S2/c1-3-31-20-10-5-4-9-18(20)28-19(13-22(27-28)23(24,25)26)21-12-16(14-32-21)15-7-6-8-17(11-15)33(2,29)30/h4-14H,3H2,1-2H3. The minimum Gasteiger partial charge on any atom is -0.492 e. The minimum atomic E-state index is -4.62. The number of aromatic nitrogens is 2. The number of alkyl halides is 3. The van der Waals surface area contributed by atoms with Gasteiger partial charge in [0.2, 0.25) is 0 Å². The van der Waals surface area contributed by atoms with Crippen LogP contribution in [0.4, 0.5) is 13.2 Å². The molecule has 0 amide bonds. The molecule has 0 saturated heterocycles. The summed E-state index contributed by atoms with van der Waals surface area (Å²) in [5, 5.41) is 5.61. The summed E-state index contributed by atoms with van der Waals surface area (Å²) in [5.41, 5.74) is 0.971. The van der Waals surface area contributed by atoms with E-state index in [1.165, 1.54) is 22.1 Å². The van der Waals surface area contributed by atoms with Crippen LogP contribution in [0.15, 0.2) is 70.9 Å².